The fourth-order valence-electron chi connectivity index (χ4n) is 2.58. The topological polar surface area (TPSA) is 96.6 Å². The number of rotatable bonds is 5. The highest BCUT2D eigenvalue weighted by Gasteiger charge is 2.28. The second-order valence-electron chi connectivity index (χ2n) is 5.94. The standard InChI is InChI=1S/C17H17NO5S/c1-10(2)16(17(19)20)18-24(21,22)11-7-8-13-12-5-3-4-6-14(12)23-15(13)9-11/h3-10,16,18H,1-2H3,(H,19,20). The van der Waals surface area contributed by atoms with E-state index >= 15 is 0 Å². The number of carboxylic acids is 1. The van der Waals surface area contributed by atoms with Gasteiger partial charge in [-0.15, -0.1) is 0 Å². The molecular weight excluding hydrogens is 330 g/mol. The second-order valence-corrected chi connectivity index (χ2v) is 7.65. The van der Waals surface area contributed by atoms with Gasteiger partial charge in [-0.25, -0.2) is 8.42 Å². The monoisotopic (exact) mass is 347 g/mol. The Morgan fingerprint density at radius 2 is 1.75 bits per heavy atom. The van der Waals surface area contributed by atoms with Crippen molar-refractivity contribution in [1.82, 2.24) is 4.72 Å². The SMILES string of the molecule is CC(C)C(NS(=O)(=O)c1ccc2c(c1)oc1ccccc12)C(=O)O. The van der Waals surface area contributed by atoms with Crippen molar-refractivity contribution >= 4 is 37.9 Å². The predicted octanol–water partition coefficient (Wildman–Crippen LogP) is 2.97. The van der Waals surface area contributed by atoms with Gasteiger partial charge in [-0.1, -0.05) is 32.0 Å². The Kier molecular flexibility index (Phi) is 4.06. The van der Waals surface area contributed by atoms with Crippen LogP contribution in [0.3, 0.4) is 0 Å². The van der Waals surface area contributed by atoms with Crippen LogP contribution in [0, 0.1) is 5.92 Å². The third-order valence-electron chi connectivity index (χ3n) is 3.88. The number of carbonyl (C=O) groups is 1. The molecule has 2 N–H and O–H groups in total. The van der Waals surface area contributed by atoms with Crippen molar-refractivity contribution < 1.29 is 22.7 Å². The van der Waals surface area contributed by atoms with Crippen LogP contribution in [0.2, 0.25) is 0 Å². The van der Waals surface area contributed by atoms with E-state index in [2.05, 4.69) is 4.72 Å². The van der Waals surface area contributed by atoms with Crippen molar-refractivity contribution in [2.24, 2.45) is 5.92 Å². The zero-order chi connectivity index (χ0) is 17.5. The molecule has 24 heavy (non-hydrogen) atoms. The van der Waals surface area contributed by atoms with Crippen LogP contribution in [0.1, 0.15) is 13.8 Å². The highest BCUT2D eigenvalue weighted by molar-refractivity contribution is 7.89. The van der Waals surface area contributed by atoms with Crippen LogP contribution in [0.15, 0.2) is 51.8 Å². The number of hydrogen-bond donors (Lipinski definition) is 2. The Balaban J connectivity index is 2.04. The molecule has 2 aromatic carbocycles. The Morgan fingerprint density at radius 1 is 1.08 bits per heavy atom. The lowest BCUT2D eigenvalue weighted by atomic mass is 10.1. The summed E-state index contributed by atoms with van der Waals surface area (Å²) < 4.78 is 32.9. The third-order valence-corrected chi connectivity index (χ3v) is 5.31. The zero-order valence-corrected chi connectivity index (χ0v) is 14.0. The van der Waals surface area contributed by atoms with Gasteiger partial charge in [0.1, 0.15) is 17.2 Å². The van der Waals surface area contributed by atoms with Gasteiger partial charge in [-0.3, -0.25) is 4.79 Å². The molecule has 0 aliphatic heterocycles. The van der Waals surface area contributed by atoms with Crippen molar-refractivity contribution in [1.29, 1.82) is 0 Å². The summed E-state index contributed by atoms with van der Waals surface area (Å²) in [6.07, 6.45) is 0. The van der Waals surface area contributed by atoms with Crippen LogP contribution in [0.25, 0.3) is 21.9 Å². The molecule has 3 aromatic rings. The molecule has 0 aliphatic carbocycles. The van der Waals surface area contributed by atoms with E-state index in [-0.39, 0.29) is 10.8 Å². The number of aliphatic carboxylic acids is 1. The predicted molar refractivity (Wildman–Crippen MR) is 90.3 cm³/mol. The highest BCUT2D eigenvalue weighted by Crippen LogP contribution is 2.30. The van der Waals surface area contributed by atoms with E-state index in [1.54, 1.807) is 26.0 Å². The molecule has 1 atom stereocenters. The molecule has 0 amide bonds. The Bertz CT molecular complexity index is 1020. The fraction of sp³-hybridized carbons (Fsp3) is 0.235. The van der Waals surface area contributed by atoms with Gasteiger partial charge in [-0.05, 0) is 24.1 Å². The molecule has 0 aliphatic rings. The minimum absolute atomic E-state index is 0.0269. The summed E-state index contributed by atoms with van der Waals surface area (Å²) in [5, 5.41) is 10.9. The number of fused-ring (bicyclic) bond motifs is 3. The Morgan fingerprint density at radius 3 is 2.42 bits per heavy atom. The number of furan rings is 1. The van der Waals surface area contributed by atoms with Crippen LogP contribution < -0.4 is 4.72 Å². The van der Waals surface area contributed by atoms with Gasteiger partial charge < -0.3 is 9.52 Å². The van der Waals surface area contributed by atoms with Crippen LogP contribution >= 0.6 is 0 Å². The summed E-state index contributed by atoms with van der Waals surface area (Å²) in [6, 6.07) is 10.8. The van der Waals surface area contributed by atoms with E-state index in [9.17, 15) is 18.3 Å². The summed E-state index contributed by atoms with van der Waals surface area (Å²) in [4.78, 5) is 11.2. The van der Waals surface area contributed by atoms with Crippen LogP contribution in [-0.2, 0) is 14.8 Å². The van der Waals surface area contributed by atoms with E-state index in [0.717, 1.165) is 10.8 Å². The first-order valence-corrected chi connectivity index (χ1v) is 8.94. The third kappa shape index (κ3) is 2.88. The van der Waals surface area contributed by atoms with Gasteiger partial charge in [0, 0.05) is 16.8 Å². The average molecular weight is 347 g/mol. The summed E-state index contributed by atoms with van der Waals surface area (Å²) in [5.41, 5.74) is 1.11. The van der Waals surface area contributed by atoms with Gasteiger partial charge in [-0.2, -0.15) is 4.72 Å². The first-order valence-electron chi connectivity index (χ1n) is 7.46. The molecular formula is C17H17NO5S. The van der Waals surface area contributed by atoms with Crippen LogP contribution in [-0.4, -0.2) is 25.5 Å². The Hall–Kier alpha value is -2.38. The van der Waals surface area contributed by atoms with E-state index < -0.39 is 22.0 Å². The summed E-state index contributed by atoms with van der Waals surface area (Å²) in [5.74, 6) is -1.59. The maximum absolute atomic E-state index is 12.5. The molecule has 0 saturated carbocycles. The first kappa shape index (κ1) is 16.5. The molecule has 0 radical (unpaired) electrons. The first-order chi connectivity index (χ1) is 11.3. The number of carboxylic acid groups (broad SMARTS) is 1. The second kappa shape index (κ2) is 5.92. The lowest BCUT2D eigenvalue weighted by Gasteiger charge is -2.17. The van der Waals surface area contributed by atoms with Gasteiger partial charge >= 0.3 is 5.97 Å². The lowest BCUT2D eigenvalue weighted by molar-refractivity contribution is -0.140. The van der Waals surface area contributed by atoms with Gasteiger partial charge in [0.2, 0.25) is 10.0 Å². The van der Waals surface area contributed by atoms with E-state index in [1.165, 1.54) is 12.1 Å². The molecule has 6 nitrogen and oxygen atoms in total. The van der Waals surface area contributed by atoms with Gasteiger partial charge in [0.25, 0.3) is 0 Å². The van der Waals surface area contributed by atoms with Crippen molar-refractivity contribution in [2.75, 3.05) is 0 Å². The zero-order valence-electron chi connectivity index (χ0n) is 13.2. The largest absolute Gasteiger partial charge is 0.480 e. The summed E-state index contributed by atoms with van der Waals surface area (Å²) in [7, 11) is -3.97. The fourth-order valence-corrected chi connectivity index (χ4v) is 3.93. The highest BCUT2D eigenvalue weighted by atomic mass is 32.2. The van der Waals surface area contributed by atoms with Crippen molar-refractivity contribution in [3.05, 3.63) is 42.5 Å². The van der Waals surface area contributed by atoms with E-state index in [1.807, 2.05) is 18.2 Å². The number of nitrogens with one attached hydrogen (secondary N) is 1. The molecule has 0 fully saturated rings. The molecule has 0 bridgehead atoms. The van der Waals surface area contributed by atoms with Gasteiger partial charge in [0.15, 0.2) is 0 Å². The van der Waals surface area contributed by atoms with E-state index in [0.29, 0.717) is 11.2 Å². The van der Waals surface area contributed by atoms with Gasteiger partial charge in [0.05, 0.1) is 4.90 Å². The number of benzene rings is 2. The summed E-state index contributed by atoms with van der Waals surface area (Å²) >= 11 is 0. The lowest BCUT2D eigenvalue weighted by Crippen LogP contribution is -2.44. The Labute approximate surface area is 139 Å². The molecule has 7 heteroatoms. The maximum Gasteiger partial charge on any atom is 0.322 e. The number of para-hydroxylation sites is 1. The molecule has 126 valence electrons. The molecule has 0 spiro atoms. The molecule has 3 rings (SSSR count). The van der Waals surface area contributed by atoms with E-state index in [4.69, 9.17) is 4.42 Å². The normalized spacial score (nSPS) is 13.6. The minimum Gasteiger partial charge on any atom is -0.480 e. The molecule has 1 aromatic heterocycles. The van der Waals surface area contributed by atoms with Crippen molar-refractivity contribution in [2.45, 2.75) is 24.8 Å². The quantitative estimate of drug-likeness (QED) is 0.739. The maximum atomic E-state index is 12.5. The van der Waals surface area contributed by atoms with Crippen LogP contribution in [0.5, 0.6) is 0 Å². The van der Waals surface area contributed by atoms with Crippen LogP contribution in [0.4, 0.5) is 0 Å². The minimum atomic E-state index is -3.97. The van der Waals surface area contributed by atoms with Crippen molar-refractivity contribution in [3.63, 3.8) is 0 Å². The molecule has 0 saturated heterocycles. The smallest absolute Gasteiger partial charge is 0.322 e. The number of hydrogen-bond acceptors (Lipinski definition) is 4. The molecule has 1 unspecified atom stereocenters. The number of sulfonamides is 1. The van der Waals surface area contributed by atoms with Crippen molar-refractivity contribution in [3.8, 4) is 0 Å². The average Bonchev–Trinajstić information content (AvgIpc) is 2.89. The summed E-state index contributed by atoms with van der Waals surface area (Å²) in [6.45, 7) is 3.29. The molecule has 1 heterocycles.